The van der Waals surface area contributed by atoms with Gasteiger partial charge in [-0.3, -0.25) is 4.99 Å². The van der Waals surface area contributed by atoms with Gasteiger partial charge in [0, 0.05) is 11.4 Å². The number of aliphatic imine (C=N–C) groups is 1. The van der Waals surface area contributed by atoms with Gasteiger partial charge in [-0.2, -0.15) is 0 Å². The first kappa shape index (κ1) is 14.2. The summed E-state index contributed by atoms with van der Waals surface area (Å²) in [6.07, 6.45) is 1.78. The predicted molar refractivity (Wildman–Crippen MR) is 82.0 cm³/mol. The van der Waals surface area contributed by atoms with Gasteiger partial charge in [0.25, 0.3) is 0 Å². The van der Waals surface area contributed by atoms with Gasteiger partial charge in [0.05, 0.1) is 5.70 Å². The van der Waals surface area contributed by atoms with Crippen LogP contribution in [0.25, 0.3) is 11.3 Å². The summed E-state index contributed by atoms with van der Waals surface area (Å²) in [7, 11) is 0. The molecule has 0 fully saturated rings. The SMILES string of the molecule is C=C(C)C=NC(C(=C)C)=c1ccccc1=C(C)C. The van der Waals surface area contributed by atoms with Crippen molar-refractivity contribution in [3.05, 3.63) is 59.0 Å². The van der Waals surface area contributed by atoms with Gasteiger partial charge in [-0.1, -0.05) is 43.0 Å². The van der Waals surface area contributed by atoms with Gasteiger partial charge < -0.3 is 0 Å². The molecule has 0 unspecified atom stereocenters. The maximum Gasteiger partial charge on any atom is 0.0731 e. The normalized spacial score (nSPS) is 12.4. The molecule has 1 heteroatoms. The van der Waals surface area contributed by atoms with Crippen LogP contribution in [0.5, 0.6) is 0 Å². The van der Waals surface area contributed by atoms with Crippen molar-refractivity contribution in [2.24, 2.45) is 4.99 Å². The van der Waals surface area contributed by atoms with Crippen molar-refractivity contribution >= 4 is 17.5 Å². The summed E-state index contributed by atoms with van der Waals surface area (Å²) in [4.78, 5) is 4.52. The number of nitrogens with zero attached hydrogens (tertiary/aromatic N) is 1. The zero-order valence-electron chi connectivity index (χ0n) is 11.7. The van der Waals surface area contributed by atoms with Crippen molar-refractivity contribution in [3.8, 4) is 0 Å². The third-order valence-corrected chi connectivity index (χ3v) is 2.54. The average molecular weight is 239 g/mol. The largest absolute Gasteiger partial charge is 0.256 e. The zero-order chi connectivity index (χ0) is 13.7. The van der Waals surface area contributed by atoms with Crippen LogP contribution in [0.15, 0.2) is 53.6 Å². The first-order valence-electron chi connectivity index (χ1n) is 6.05. The molecule has 0 saturated carbocycles. The summed E-state index contributed by atoms with van der Waals surface area (Å²) in [5, 5.41) is 2.34. The summed E-state index contributed by atoms with van der Waals surface area (Å²) in [5.41, 5.74) is 4.09. The number of benzene rings is 1. The van der Waals surface area contributed by atoms with Gasteiger partial charge in [0.1, 0.15) is 0 Å². The van der Waals surface area contributed by atoms with Crippen molar-refractivity contribution in [2.75, 3.05) is 0 Å². The summed E-state index contributed by atoms with van der Waals surface area (Å²) in [6.45, 7) is 16.0. The first-order chi connectivity index (χ1) is 8.43. The van der Waals surface area contributed by atoms with Crippen LogP contribution < -0.4 is 10.4 Å². The van der Waals surface area contributed by atoms with E-state index in [0.717, 1.165) is 22.1 Å². The monoisotopic (exact) mass is 239 g/mol. The van der Waals surface area contributed by atoms with Crippen LogP contribution in [0.2, 0.25) is 0 Å². The smallest absolute Gasteiger partial charge is 0.0731 e. The van der Waals surface area contributed by atoms with E-state index in [-0.39, 0.29) is 0 Å². The third-order valence-electron chi connectivity index (χ3n) is 2.54. The highest BCUT2D eigenvalue weighted by Crippen LogP contribution is 2.07. The Morgan fingerprint density at radius 2 is 1.56 bits per heavy atom. The van der Waals surface area contributed by atoms with Crippen LogP contribution >= 0.6 is 0 Å². The van der Waals surface area contributed by atoms with E-state index in [9.17, 15) is 0 Å². The molecule has 94 valence electrons. The van der Waals surface area contributed by atoms with Crippen LogP contribution in [0.4, 0.5) is 0 Å². The Morgan fingerprint density at radius 3 is 2.00 bits per heavy atom. The molecule has 0 aliphatic carbocycles. The molecule has 0 spiro atoms. The average Bonchev–Trinajstić information content (AvgIpc) is 2.28. The van der Waals surface area contributed by atoms with E-state index in [1.165, 1.54) is 10.8 Å². The minimum Gasteiger partial charge on any atom is -0.256 e. The number of hydrogen-bond acceptors (Lipinski definition) is 1. The quantitative estimate of drug-likeness (QED) is 0.718. The molecule has 0 aliphatic rings. The molecule has 0 heterocycles. The van der Waals surface area contributed by atoms with Crippen LogP contribution in [-0.4, -0.2) is 6.21 Å². The van der Waals surface area contributed by atoms with E-state index in [4.69, 9.17) is 0 Å². The molecule has 1 aromatic carbocycles. The van der Waals surface area contributed by atoms with Gasteiger partial charge in [0.15, 0.2) is 0 Å². The van der Waals surface area contributed by atoms with Crippen LogP contribution in [-0.2, 0) is 0 Å². The van der Waals surface area contributed by atoms with Crippen molar-refractivity contribution in [1.29, 1.82) is 0 Å². The summed E-state index contributed by atoms with van der Waals surface area (Å²) >= 11 is 0. The van der Waals surface area contributed by atoms with E-state index in [1.807, 2.05) is 26.0 Å². The maximum atomic E-state index is 4.52. The van der Waals surface area contributed by atoms with Crippen LogP contribution in [0, 0.1) is 0 Å². The maximum absolute atomic E-state index is 4.52. The molecular formula is C17H21N. The first-order valence-corrected chi connectivity index (χ1v) is 6.05. The second kappa shape index (κ2) is 6.15. The van der Waals surface area contributed by atoms with Crippen molar-refractivity contribution in [2.45, 2.75) is 27.7 Å². The van der Waals surface area contributed by atoms with Gasteiger partial charge in [0.2, 0.25) is 0 Å². The summed E-state index contributed by atoms with van der Waals surface area (Å²) in [5.74, 6) is 0. The van der Waals surface area contributed by atoms with E-state index in [1.54, 1.807) is 6.21 Å². The standard InChI is InChI=1S/C17H21N/c1-12(2)11-18-17(14(5)6)16-10-8-7-9-15(16)13(3)4/h7-11H,1,5H2,2-4,6H3. The molecule has 1 aromatic rings. The van der Waals surface area contributed by atoms with Gasteiger partial charge >= 0.3 is 0 Å². The number of hydrogen-bond donors (Lipinski definition) is 0. The highest BCUT2D eigenvalue weighted by atomic mass is 14.7. The number of allylic oxidation sites excluding steroid dienone is 1. The number of rotatable bonds is 3. The van der Waals surface area contributed by atoms with Gasteiger partial charge in [-0.15, -0.1) is 0 Å². The molecule has 0 aromatic heterocycles. The van der Waals surface area contributed by atoms with Crippen molar-refractivity contribution < 1.29 is 0 Å². The molecule has 0 atom stereocenters. The van der Waals surface area contributed by atoms with E-state index in [2.05, 4.69) is 44.1 Å². The van der Waals surface area contributed by atoms with Crippen molar-refractivity contribution in [3.63, 3.8) is 0 Å². The predicted octanol–water partition coefficient (Wildman–Crippen LogP) is 3.21. The lowest BCUT2D eigenvalue weighted by molar-refractivity contribution is 1.36. The van der Waals surface area contributed by atoms with Gasteiger partial charge in [-0.05, 0) is 44.1 Å². The Hall–Kier alpha value is -1.89. The van der Waals surface area contributed by atoms with E-state index < -0.39 is 0 Å². The fourth-order valence-electron chi connectivity index (χ4n) is 1.71. The fourth-order valence-corrected chi connectivity index (χ4v) is 1.71. The lowest BCUT2D eigenvalue weighted by atomic mass is 10.1. The molecule has 0 amide bonds. The Bertz CT molecular complexity index is 611. The minimum absolute atomic E-state index is 0.926. The van der Waals surface area contributed by atoms with Gasteiger partial charge in [-0.25, -0.2) is 0 Å². The minimum atomic E-state index is 0.926. The molecule has 0 saturated heterocycles. The highest BCUT2D eigenvalue weighted by molar-refractivity contribution is 5.82. The Balaban J connectivity index is 3.73. The van der Waals surface area contributed by atoms with E-state index >= 15 is 0 Å². The van der Waals surface area contributed by atoms with Crippen LogP contribution in [0.3, 0.4) is 0 Å². The molecule has 1 nitrogen and oxygen atoms in total. The molecular weight excluding hydrogens is 218 g/mol. The lowest BCUT2D eigenvalue weighted by Crippen LogP contribution is -2.27. The highest BCUT2D eigenvalue weighted by Gasteiger charge is 1.99. The van der Waals surface area contributed by atoms with Crippen LogP contribution in [0.1, 0.15) is 27.7 Å². The Morgan fingerprint density at radius 1 is 1.00 bits per heavy atom. The Kier molecular flexibility index (Phi) is 4.85. The third kappa shape index (κ3) is 3.56. The molecule has 1 rings (SSSR count). The molecule has 18 heavy (non-hydrogen) atoms. The lowest BCUT2D eigenvalue weighted by Gasteiger charge is -2.03. The molecule has 0 bridgehead atoms. The Labute approximate surface area is 110 Å². The molecule has 0 radical (unpaired) electrons. The second-order valence-electron chi connectivity index (χ2n) is 4.78. The second-order valence-corrected chi connectivity index (χ2v) is 4.78. The molecule has 0 N–H and O–H groups in total. The molecule has 0 aliphatic heterocycles. The summed E-state index contributed by atoms with van der Waals surface area (Å²) < 4.78 is 0. The summed E-state index contributed by atoms with van der Waals surface area (Å²) in [6, 6.07) is 8.28. The topological polar surface area (TPSA) is 12.4 Å². The van der Waals surface area contributed by atoms with E-state index in [0.29, 0.717) is 0 Å². The van der Waals surface area contributed by atoms with Crippen molar-refractivity contribution in [1.82, 2.24) is 0 Å². The fraction of sp³-hybridized carbons (Fsp3) is 0.235. The zero-order valence-corrected chi connectivity index (χ0v) is 11.7.